The van der Waals surface area contributed by atoms with Crippen LogP contribution in [-0.2, 0) is 11.3 Å². The van der Waals surface area contributed by atoms with Gasteiger partial charge in [0, 0.05) is 11.8 Å². The Morgan fingerprint density at radius 3 is 2.90 bits per heavy atom. The van der Waals surface area contributed by atoms with Crippen molar-refractivity contribution in [1.29, 1.82) is 0 Å². The quantitative estimate of drug-likeness (QED) is 0.825. The highest BCUT2D eigenvalue weighted by atomic mass is 16.5. The standard InChI is InChI=1S/C15H18N2O3/c1-17(10-14-7-4-8-20-14)11-15(18)16-12-5-3-6-13(9-12)19-2/h3-9H,10-11H2,1-2H3,(H,16,18)/p+1. The summed E-state index contributed by atoms with van der Waals surface area (Å²) >= 11 is 0. The second kappa shape index (κ2) is 6.77. The van der Waals surface area contributed by atoms with Gasteiger partial charge >= 0.3 is 0 Å². The molecule has 1 aromatic heterocycles. The van der Waals surface area contributed by atoms with Crippen LogP contribution in [-0.4, -0.2) is 26.6 Å². The predicted molar refractivity (Wildman–Crippen MR) is 75.8 cm³/mol. The average molecular weight is 275 g/mol. The number of hydrogen-bond acceptors (Lipinski definition) is 3. The number of furan rings is 1. The van der Waals surface area contributed by atoms with E-state index in [0.717, 1.165) is 22.1 Å². The summed E-state index contributed by atoms with van der Waals surface area (Å²) in [7, 11) is 3.55. The van der Waals surface area contributed by atoms with Crippen LogP contribution in [0.3, 0.4) is 0 Å². The van der Waals surface area contributed by atoms with Gasteiger partial charge in [0.15, 0.2) is 12.3 Å². The van der Waals surface area contributed by atoms with Crippen LogP contribution >= 0.6 is 0 Å². The van der Waals surface area contributed by atoms with Crippen molar-refractivity contribution in [1.82, 2.24) is 0 Å². The number of quaternary nitrogens is 1. The molecule has 20 heavy (non-hydrogen) atoms. The number of carbonyl (C=O) groups excluding carboxylic acids is 1. The molecular formula is C15H19N2O3+. The third kappa shape index (κ3) is 4.13. The Hall–Kier alpha value is -2.27. The zero-order valence-corrected chi connectivity index (χ0v) is 11.7. The summed E-state index contributed by atoms with van der Waals surface area (Å²) in [6.45, 7) is 1.05. The van der Waals surface area contributed by atoms with Crippen LogP contribution in [0, 0.1) is 0 Å². The molecule has 2 N–H and O–H groups in total. The summed E-state index contributed by atoms with van der Waals surface area (Å²) in [6.07, 6.45) is 1.64. The molecule has 0 fully saturated rings. The highest BCUT2D eigenvalue weighted by molar-refractivity contribution is 5.91. The Morgan fingerprint density at radius 1 is 1.35 bits per heavy atom. The van der Waals surface area contributed by atoms with Crippen LogP contribution in [0.1, 0.15) is 5.76 Å². The molecule has 1 aromatic carbocycles. The predicted octanol–water partition coefficient (Wildman–Crippen LogP) is 0.942. The number of anilines is 1. The molecule has 5 nitrogen and oxygen atoms in total. The van der Waals surface area contributed by atoms with Crippen molar-refractivity contribution in [3.8, 4) is 5.75 Å². The molecule has 5 heteroatoms. The second-order valence-electron chi connectivity index (χ2n) is 4.67. The first-order valence-corrected chi connectivity index (χ1v) is 6.45. The van der Waals surface area contributed by atoms with Crippen molar-refractivity contribution in [3.63, 3.8) is 0 Å². The average Bonchev–Trinajstić information content (AvgIpc) is 2.91. The molecule has 106 valence electrons. The number of likely N-dealkylation sites (N-methyl/N-ethyl adjacent to an activating group) is 1. The lowest BCUT2D eigenvalue weighted by Crippen LogP contribution is -3.08. The van der Waals surface area contributed by atoms with E-state index in [2.05, 4.69) is 5.32 Å². The smallest absolute Gasteiger partial charge is 0.279 e. The van der Waals surface area contributed by atoms with Gasteiger partial charge in [0.2, 0.25) is 0 Å². The van der Waals surface area contributed by atoms with Crippen molar-refractivity contribution in [2.45, 2.75) is 6.54 Å². The fourth-order valence-corrected chi connectivity index (χ4v) is 1.95. The molecule has 0 saturated carbocycles. The number of methoxy groups -OCH3 is 1. The third-order valence-corrected chi connectivity index (χ3v) is 2.87. The minimum atomic E-state index is -0.0395. The van der Waals surface area contributed by atoms with Crippen LogP contribution in [0.4, 0.5) is 5.69 Å². The van der Waals surface area contributed by atoms with Crippen molar-refractivity contribution in [2.24, 2.45) is 0 Å². The van der Waals surface area contributed by atoms with Gasteiger partial charge in [-0.15, -0.1) is 0 Å². The number of ether oxygens (including phenoxy) is 1. The first-order valence-electron chi connectivity index (χ1n) is 6.45. The molecule has 0 radical (unpaired) electrons. The van der Waals surface area contributed by atoms with Gasteiger partial charge in [-0.25, -0.2) is 0 Å². The lowest BCUT2D eigenvalue weighted by Gasteiger charge is -2.12. The molecule has 1 heterocycles. The molecule has 0 saturated heterocycles. The second-order valence-corrected chi connectivity index (χ2v) is 4.67. The maximum atomic E-state index is 11.9. The number of benzene rings is 1. The Morgan fingerprint density at radius 2 is 2.20 bits per heavy atom. The number of amides is 1. The van der Waals surface area contributed by atoms with E-state index in [4.69, 9.17) is 9.15 Å². The first kappa shape index (κ1) is 14.1. The molecule has 2 aromatic rings. The number of carbonyl (C=O) groups is 1. The molecule has 0 aliphatic carbocycles. The van der Waals surface area contributed by atoms with Crippen molar-refractivity contribution < 1.29 is 18.8 Å². The number of nitrogens with one attached hydrogen (secondary N) is 2. The Labute approximate surface area is 118 Å². The van der Waals surface area contributed by atoms with E-state index in [9.17, 15) is 4.79 Å². The van der Waals surface area contributed by atoms with Gasteiger partial charge in [0.05, 0.1) is 20.4 Å². The van der Waals surface area contributed by atoms with Gasteiger partial charge in [-0.2, -0.15) is 0 Å². The maximum Gasteiger partial charge on any atom is 0.279 e. The van der Waals surface area contributed by atoms with Gasteiger partial charge in [-0.05, 0) is 24.3 Å². The van der Waals surface area contributed by atoms with Crippen LogP contribution in [0.2, 0.25) is 0 Å². The van der Waals surface area contributed by atoms with E-state index >= 15 is 0 Å². The zero-order chi connectivity index (χ0) is 14.4. The maximum absolute atomic E-state index is 11.9. The SMILES string of the molecule is COc1cccc(NC(=O)C[NH+](C)Cc2ccco2)c1. The van der Waals surface area contributed by atoms with Gasteiger partial charge in [0.25, 0.3) is 5.91 Å². The fraction of sp³-hybridized carbons (Fsp3) is 0.267. The van der Waals surface area contributed by atoms with Crippen molar-refractivity contribution in [2.75, 3.05) is 26.0 Å². The van der Waals surface area contributed by atoms with E-state index in [1.165, 1.54) is 0 Å². The summed E-state index contributed by atoms with van der Waals surface area (Å²) in [6, 6.07) is 11.1. The highest BCUT2D eigenvalue weighted by Crippen LogP contribution is 2.16. The van der Waals surface area contributed by atoms with Crippen LogP contribution < -0.4 is 15.0 Å². The van der Waals surface area contributed by atoms with Crippen LogP contribution in [0.15, 0.2) is 47.1 Å². The summed E-state index contributed by atoms with van der Waals surface area (Å²) < 4.78 is 10.4. The topological polar surface area (TPSA) is 55.9 Å². The lowest BCUT2D eigenvalue weighted by molar-refractivity contribution is -0.886. The van der Waals surface area contributed by atoms with E-state index in [1.807, 2.05) is 37.4 Å². The van der Waals surface area contributed by atoms with Gasteiger partial charge in [-0.3, -0.25) is 4.79 Å². The minimum Gasteiger partial charge on any atom is -0.497 e. The van der Waals surface area contributed by atoms with E-state index in [1.54, 1.807) is 19.4 Å². The first-order chi connectivity index (χ1) is 9.67. The zero-order valence-electron chi connectivity index (χ0n) is 11.7. The summed E-state index contributed by atoms with van der Waals surface area (Å²) in [5.41, 5.74) is 0.736. The largest absolute Gasteiger partial charge is 0.497 e. The molecule has 1 amide bonds. The van der Waals surface area contributed by atoms with Crippen LogP contribution in [0.5, 0.6) is 5.75 Å². The molecule has 2 rings (SSSR count). The molecule has 0 bridgehead atoms. The summed E-state index contributed by atoms with van der Waals surface area (Å²) in [5.74, 6) is 1.55. The van der Waals surface area contributed by atoms with E-state index in [0.29, 0.717) is 13.1 Å². The van der Waals surface area contributed by atoms with Crippen molar-refractivity contribution in [3.05, 3.63) is 48.4 Å². The molecule has 1 atom stereocenters. The number of hydrogen-bond donors (Lipinski definition) is 2. The molecule has 1 unspecified atom stereocenters. The van der Waals surface area contributed by atoms with Gasteiger partial charge in [-0.1, -0.05) is 6.07 Å². The summed E-state index contributed by atoms with van der Waals surface area (Å²) in [4.78, 5) is 13.0. The number of rotatable bonds is 6. The van der Waals surface area contributed by atoms with E-state index < -0.39 is 0 Å². The minimum absolute atomic E-state index is 0.0395. The summed E-state index contributed by atoms with van der Waals surface area (Å²) in [5, 5.41) is 2.86. The van der Waals surface area contributed by atoms with Gasteiger partial charge in [0.1, 0.15) is 12.3 Å². The molecule has 0 spiro atoms. The van der Waals surface area contributed by atoms with Gasteiger partial charge < -0.3 is 19.4 Å². The molecule has 0 aliphatic heterocycles. The lowest BCUT2D eigenvalue weighted by atomic mass is 10.3. The monoisotopic (exact) mass is 275 g/mol. The third-order valence-electron chi connectivity index (χ3n) is 2.87. The molecule has 0 aliphatic rings. The Kier molecular flexibility index (Phi) is 4.79. The Bertz CT molecular complexity index is 552. The van der Waals surface area contributed by atoms with Crippen LogP contribution in [0.25, 0.3) is 0 Å². The normalized spacial score (nSPS) is 11.9. The van der Waals surface area contributed by atoms with E-state index in [-0.39, 0.29) is 5.91 Å². The highest BCUT2D eigenvalue weighted by Gasteiger charge is 2.12. The fourth-order valence-electron chi connectivity index (χ4n) is 1.95. The van der Waals surface area contributed by atoms with Crippen molar-refractivity contribution >= 4 is 11.6 Å². The Balaban J connectivity index is 1.85. The molecular weight excluding hydrogens is 256 g/mol.